The standard InChI is InChI=1S/C13H16BrFO4/c1-13(2,6-9(16)17)10-7(14)5-8(15)11(18-3)12(10)19-4/h5H,6H2,1-4H3,(H,16,17). The zero-order valence-corrected chi connectivity index (χ0v) is 12.8. The molecule has 0 aliphatic rings. The monoisotopic (exact) mass is 334 g/mol. The van der Waals surface area contributed by atoms with Crippen molar-refractivity contribution in [1.29, 1.82) is 0 Å². The Morgan fingerprint density at radius 1 is 1.37 bits per heavy atom. The van der Waals surface area contributed by atoms with E-state index in [9.17, 15) is 9.18 Å². The van der Waals surface area contributed by atoms with E-state index in [1.165, 1.54) is 20.3 Å². The SMILES string of the molecule is COc1c(F)cc(Br)c(C(C)(C)CC(=O)O)c1OC. The minimum Gasteiger partial charge on any atom is -0.492 e. The third-order valence-electron chi connectivity index (χ3n) is 2.82. The Morgan fingerprint density at radius 2 is 1.89 bits per heavy atom. The fourth-order valence-corrected chi connectivity index (χ4v) is 2.98. The zero-order valence-electron chi connectivity index (χ0n) is 11.2. The van der Waals surface area contributed by atoms with Crippen molar-refractivity contribution in [3.05, 3.63) is 21.9 Å². The fraction of sp³-hybridized carbons (Fsp3) is 0.462. The largest absolute Gasteiger partial charge is 0.492 e. The molecule has 0 heterocycles. The van der Waals surface area contributed by atoms with Gasteiger partial charge in [-0.15, -0.1) is 0 Å². The van der Waals surface area contributed by atoms with Crippen LogP contribution in [0.15, 0.2) is 10.5 Å². The minimum atomic E-state index is -0.942. The van der Waals surface area contributed by atoms with Crippen LogP contribution in [0.25, 0.3) is 0 Å². The Morgan fingerprint density at radius 3 is 2.32 bits per heavy atom. The number of carbonyl (C=O) groups is 1. The van der Waals surface area contributed by atoms with Crippen LogP contribution in [0.1, 0.15) is 25.8 Å². The van der Waals surface area contributed by atoms with Gasteiger partial charge in [0.2, 0.25) is 0 Å². The highest BCUT2D eigenvalue weighted by Crippen LogP contribution is 2.45. The first-order valence-electron chi connectivity index (χ1n) is 5.56. The minimum absolute atomic E-state index is 0.0286. The van der Waals surface area contributed by atoms with Gasteiger partial charge in [0.15, 0.2) is 17.3 Å². The molecule has 19 heavy (non-hydrogen) atoms. The van der Waals surface area contributed by atoms with E-state index < -0.39 is 17.2 Å². The van der Waals surface area contributed by atoms with Crippen molar-refractivity contribution in [2.45, 2.75) is 25.7 Å². The van der Waals surface area contributed by atoms with Crippen LogP contribution in [0.4, 0.5) is 4.39 Å². The number of carboxylic acids is 1. The summed E-state index contributed by atoms with van der Waals surface area (Å²) in [5.41, 5.74) is -0.174. The molecule has 0 atom stereocenters. The molecule has 1 aromatic carbocycles. The number of halogens is 2. The molecule has 1 rings (SSSR count). The highest BCUT2D eigenvalue weighted by molar-refractivity contribution is 9.10. The Kier molecular flexibility index (Phi) is 4.79. The zero-order chi connectivity index (χ0) is 14.8. The molecule has 0 fully saturated rings. The Hall–Kier alpha value is -1.30. The van der Waals surface area contributed by atoms with Gasteiger partial charge >= 0.3 is 5.97 Å². The lowest BCUT2D eigenvalue weighted by molar-refractivity contribution is -0.138. The second-order valence-electron chi connectivity index (χ2n) is 4.74. The molecule has 0 saturated heterocycles. The van der Waals surface area contributed by atoms with Crippen LogP contribution in [-0.2, 0) is 10.2 Å². The molecule has 0 saturated carbocycles. The third kappa shape index (κ3) is 3.18. The van der Waals surface area contributed by atoms with Crippen LogP contribution >= 0.6 is 15.9 Å². The summed E-state index contributed by atoms with van der Waals surface area (Å²) in [5, 5.41) is 8.98. The van der Waals surface area contributed by atoms with Crippen molar-refractivity contribution in [1.82, 2.24) is 0 Å². The molecule has 0 unspecified atom stereocenters. The van der Waals surface area contributed by atoms with Crippen LogP contribution in [0, 0.1) is 5.82 Å². The maximum Gasteiger partial charge on any atom is 0.304 e. The second-order valence-corrected chi connectivity index (χ2v) is 5.59. The van der Waals surface area contributed by atoms with Gasteiger partial charge < -0.3 is 14.6 Å². The van der Waals surface area contributed by atoms with Gasteiger partial charge in [-0.25, -0.2) is 4.39 Å². The summed E-state index contributed by atoms with van der Waals surface area (Å²) < 4.78 is 24.4. The quantitative estimate of drug-likeness (QED) is 0.897. The van der Waals surface area contributed by atoms with Crippen LogP contribution in [0.2, 0.25) is 0 Å². The van der Waals surface area contributed by atoms with E-state index in [0.717, 1.165) is 0 Å². The Labute approximate surface area is 119 Å². The topological polar surface area (TPSA) is 55.8 Å². The van der Waals surface area contributed by atoms with Crippen molar-refractivity contribution in [3.8, 4) is 11.5 Å². The average molecular weight is 335 g/mol. The van der Waals surface area contributed by atoms with E-state index in [2.05, 4.69) is 15.9 Å². The highest BCUT2D eigenvalue weighted by atomic mass is 79.9. The van der Waals surface area contributed by atoms with E-state index in [0.29, 0.717) is 10.0 Å². The molecule has 0 aliphatic carbocycles. The fourth-order valence-electron chi connectivity index (χ4n) is 2.06. The molecular weight excluding hydrogens is 319 g/mol. The van der Waals surface area contributed by atoms with Gasteiger partial charge in [0.1, 0.15) is 0 Å². The molecular formula is C13H16BrFO4. The molecule has 1 N–H and O–H groups in total. The van der Waals surface area contributed by atoms with Crippen LogP contribution in [0.3, 0.4) is 0 Å². The maximum absolute atomic E-state index is 13.8. The van der Waals surface area contributed by atoms with Crippen molar-refractivity contribution in [2.75, 3.05) is 14.2 Å². The first-order valence-corrected chi connectivity index (χ1v) is 6.36. The summed E-state index contributed by atoms with van der Waals surface area (Å²) in [4.78, 5) is 11.0. The number of benzene rings is 1. The van der Waals surface area contributed by atoms with Crippen molar-refractivity contribution < 1.29 is 23.8 Å². The first kappa shape index (κ1) is 15.8. The van der Waals surface area contributed by atoms with Gasteiger partial charge in [-0.05, 0) is 6.07 Å². The first-order chi connectivity index (χ1) is 8.74. The van der Waals surface area contributed by atoms with E-state index in [-0.39, 0.29) is 17.9 Å². The summed E-state index contributed by atoms with van der Waals surface area (Å²) >= 11 is 3.26. The summed E-state index contributed by atoms with van der Waals surface area (Å²) in [6.07, 6.45) is -0.114. The molecule has 0 aliphatic heterocycles. The Bertz CT molecular complexity index is 500. The number of hydrogen-bond acceptors (Lipinski definition) is 3. The lowest BCUT2D eigenvalue weighted by Gasteiger charge is -2.27. The highest BCUT2D eigenvalue weighted by Gasteiger charge is 2.33. The number of rotatable bonds is 5. The van der Waals surface area contributed by atoms with E-state index >= 15 is 0 Å². The third-order valence-corrected chi connectivity index (χ3v) is 3.45. The summed E-state index contributed by atoms with van der Waals surface area (Å²) in [7, 11) is 2.73. The van der Waals surface area contributed by atoms with Gasteiger partial charge in [0.05, 0.1) is 20.6 Å². The summed E-state index contributed by atoms with van der Waals surface area (Å²) in [6.45, 7) is 3.50. The molecule has 106 valence electrons. The van der Waals surface area contributed by atoms with Gasteiger partial charge in [-0.1, -0.05) is 29.8 Å². The van der Waals surface area contributed by atoms with Gasteiger partial charge in [0, 0.05) is 15.5 Å². The van der Waals surface area contributed by atoms with E-state index in [4.69, 9.17) is 14.6 Å². The molecule has 0 amide bonds. The Balaban J connectivity index is 3.53. The maximum atomic E-state index is 13.8. The van der Waals surface area contributed by atoms with Crippen LogP contribution in [0.5, 0.6) is 11.5 Å². The number of hydrogen-bond donors (Lipinski definition) is 1. The number of aliphatic carboxylic acids is 1. The predicted molar refractivity (Wildman–Crippen MR) is 72.5 cm³/mol. The predicted octanol–water partition coefficient (Wildman–Crippen LogP) is 3.36. The van der Waals surface area contributed by atoms with Gasteiger partial charge in [-0.2, -0.15) is 0 Å². The van der Waals surface area contributed by atoms with Gasteiger partial charge in [-0.3, -0.25) is 4.79 Å². The summed E-state index contributed by atoms with van der Waals surface area (Å²) in [6, 6.07) is 1.25. The smallest absolute Gasteiger partial charge is 0.304 e. The second kappa shape index (κ2) is 5.77. The molecule has 1 aromatic rings. The molecule has 6 heteroatoms. The van der Waals surface area contributed by atoms with Crippen molar-refractivity contribution in [2.24, 2.45) is 0 Å². The number of ether oxygens (including phenoxy) is 2. The van der Waals surface area contributed by atoms with Crippen molar-refractivity contribution in [3.63, 3.8) is 0 Å². The molecule has 0 spiro atoms. The normalized spacial score (nSPS) is 11.3. The van der Waals surface area contributed by atoms with Crippen LogP contribution in [-0.4, -0.2) is 25.3 Å². The molecule has 0 aromatic heterocycles. The average Bonchev–Trinajstić information content (AvgIpc) is 2.25. The molecule has 0 bridgehead atoms. The van der Waals surface area contributed by atoms with E-state index in [1.54, 1.807) is 13.8 Å². The summed E-state index contributed by atoms with van der Waals surface area (Å²) in [5.74, 6) is -1.33. The van der Waals surface area contributed by atoms with E-state index in [1.807, 2.05) is 0 Å². The number of carboxylic acid groups (broad SMARTS) is 1. The lowest BCUT2D eigenvalue weighted by atomic mass is 9.81. The molecule has 4 nitrogen and oxygen atoms in total. The van der Waals surface area contributed by atoms with Crippen LogP contribution < -0.4 is 9.47 Å². The lowest BCUT2D eigenvalue weighted by Crippen LogP contribution is -2.23. The molecule has 0 radical (unpaired) electrons. The van der Waals surface area contributed by atoms with Crippen molar-refractivity contribution >= 4 is 21.9 Å². The number of methoxy groups -OCH3 is 2. The van der Waals surface area contributed by atoms with Gasteiger partial charge in [0.25, 0.3) is 0 Å².